The molecule has 0 radical (unpaired) electrons. The summed E-state index contributed by atoms with van der Waals surface area (Å²) in [5.74, 6) is 0.449. The van der Waals surface area contributed by atoms with Crippen molar-refractivity contribution in [3.8, 4) is 0 Å². The molecule has 0 aliphatic rings. The Morgan fingerprint density at radius 3 is 1.42 bits per heavy atom. The van der Waals surface area contributed by atoms with Gasteiger partial charge in [0.25, 0.3) is 0 Å². The van der Waals surface area contributed by atoms with Gasteiger partial charge in [0.1, 0.15) is 0 Å². The molecule has 0 aliphatic carbocycles. The predicted molar refractivity (Wildman–Crippen MR) is 139 cm³/mol. The fourth-order valence-corrected chi connectivity index (χ4v) is 4.33. The molecule has 33 heavy (non-hydrogen) atoms. The van der Waals surface area contributed by atoms with Crippen molar-refractivity contribution in [1.82, 2.24) is 0 Å². The lowest BCUT2D eigenvalue weighted by molar-refractivity contribution is -0.145. The van der Waals surface area contributed by atoms with E-state index in [1.165, 1.54) is 51.4 Å². The van der Waals surface area contributed by atoms with Crippen LogP contribution in [0.15, 0.2) is 0 Å². The van der Waals surface area contributed by atoms with Crippen LogP contribution in [0.2, 0.25) is 0 Å². The van der Waals surface area contributed by atoms with Crippen molar-refractivity contribution in [3.63, 3.8) is 0 Å². The first kappa shape index (κ1) is 31.9. The molecule has 4 nitrogen and oxygen atoms in total. The average Bonchev–Trinajstić information content (AvgIpc) is 2.80. The molecule has 0 saturated carbocycles. The first-order valence-corrected chi connectivity index (χ1v) is 14.4. The largest absolute Gasteiger partial charge is 0.466 e. The molecule has 0 spiro atoms. The lowest BCUT2D eigenvalue weighted by Crippen LogP contribution is -2.14. The van der Waals surface area contributed by atoms with E-state index >= 15 is 0 Å². The van der Waals surface area contributed by atoms with Crippen LogP contribution in [-0.4, -0.2) is 25.2 Å². The number of hydrogen-bond donors (Lipinski definition) is 0. The number of carbonyl (C=O) groups excluding carboxylic acids is 2. The van der Waals surface area contributed by atoms with Gasteiger partial charge in [-0.3, -0.25) is 9.59 Å². The highest BCUT2D eigenvalue weighted by Crippen LogP contribution is 2.15. The van der Waals surface area contributed by atoms with Crippen LogP contribution in [0.25, 0.3) is 0 Å². The number of ether oxygens (including phenoxy) is 2. The van der Waals surface area contributed by atoms with Crippen LogP contribution in [0.1, 0.15) is 156 Å². The third-order valence-corrected chi connectivity index (χ3v) is 6.40. The van der Waals surface area contributed by atoms with Gasteiger partial charge in [-0.1, -0.05) is 111 Å². The van der Waals surface area contributed by atoms with Crippen molar-refractivity contribution >= 4 is 11.9 Å². The second-order valence-electron chi connectivity index (χ2n) is 9.80. The third-order valence-electron chi connectivity index (χ3n) is 6.40. The molecule has 0 fully saturated rings. The number of carbonyl (C=O) groups is 2. The molecule has 0 aliphatic heterocycles. The van der Waals surface area contributed by atoms with E-state index in [0.717, 1.165) is 70.6 Å². The van der Waals surface area contributed by atoms with E-state index in [2.05, 4.69) is 20.8 Å². The minimum Gasteiger partial charge on any atom is -0.466 e. The maximum absolute atomic E-state index is 11.9. The lowest BCUT2D eigenvalue weighted by atomic mass is 9.99. The summed E-state index contributed by atoms with van der Waals surface area (Å²) in [4.78, 5) is 23.7. The van der Waals surface area contributed by atoms with E-state index in [-0.39, 0.29) is 11.9 Å². The predicted octanol–water partition coefficient (Wildman–Crippen LogP) is 8.94. The summed E-state index contributed by atoms with van der Waals surface area (Å²) < 4.78 is 10.8. The van der Waals surface area contributed by atoms with Crippen LogP contribution in [0.3, 0.4) is 0 Å². The van der Waals surface area contributed by atoms with Crippen molar-refractivity contribution < 1.29 is 19.1 Å². The summed E-state index contributed by atoms with van der Waals surface area (Å²) in [5.41, 5.74) is 0. The topological polar surface area (TPSA) is 52.6 Å². The van der Waals surface area contributed by atoms with E-state index in [9.17, 15) is 9.59 Å². The molecule has 0 rings (SSSR count). The van der Waals surface area contributed by atoms with Gasteiger partial charge in [-0.25, -0.2) is 0 Å². The maximum Gasteiger partial charge on any atom is 0.305 e. The summed E-state index contributed by atoms with van der Waals surface area (Å²) in [7, 11) is 0. The number of esters is 2. The molecule has 0 N–H and O–H groups in total. The summed E-state index contributed by atoms with van der Waals surface area (Å²) in [6.07, 6.45) is 23.4. The zero-order valence-electron chi connectivity index (χ0n) is 22.5. The second-order valence-corrected chi connectivity index (χ2v) is 9.80. The van der Waals surface area contributed by atoms with Gasteiger partial charge in [0, 0.05) is 12.8 Å². The van der Waals surface area contributed by atoms with E-state index in [1.807, 2.05) is 0 Å². The zero-order valence-corrected chi connectivity index (χ0v) is 22.5. The van der Waals surface area contributed by atoms with E-state index < -0.39 is 0 Å². The van der Waals surface area contributed by atoms with Crippen molar-refractivity contribution in [1.29, 1.82) is 0 Å². The Labute approximate surface area is 206 Å². The molecule has 0 aromatic heterocycles. The molecule has 0 aromatic carbocycles. The quantitative estimate of drug-likeness (QED) is 0.0991. The Balaban J connectivity index is 3.38. The molecule has 0 heterocycles. The van der Waals surface area contributed by atoms with Crippen molar-refractivity contribution in [2.24, 2.45) is 5.92 Å². The molecule has 0 amide bonds. The molecule has 0 aromatic rings. The highest BCUT2D eigenvalue weighted by Gasteiger charge is 2.10. The van der Waals surface area contributed by atoms with Crippen LogP contribution >= 0.6 is 0 Å². The molecular weight excluding hydrogens is 412 g/mol. The monoisotopic (exact) mass is 468 g/mol. The molecule has 4 heteroatoms. The Morgan fingerprint density at radius 1 is 0.515 bits per heavy atom. The summed E-state index contributed by atoms with van der Waals surface area (Å²) >= 11 is 0. The van der Waals surface area contributed by atoms with Gasteiger partial charge in [-0.05, 0) is 38.0 Å². The van der Waals surface area contributed by atoms with Crippen LogP contribution in [0.4, 0.5) is 0 Å². The fourth-order valence-electron chi connectivity index (χ4n) is 4.33. The molecular formula is C29H56O4. The molecule has 0 saturated heterocycles. The highest BCUT2D eigenvalue weighted by molar-refractivity contribution is 5.69. The minimum absolute atomic E-state index is 0.0399. The Morgan fingerprint density at radius 2 is 0.939 bits per heavy atom. The zero-order chi connectivity index (χ0) is 24.4. The average molecular weight is 469 g/mol. The second kappa shape index (κ2) is 25.6. The van der Waals surface area contributed by atoms with Gasteiger partial charge in [-0.15, -0.1) is 0 Å². The first-order valence-electron chi connectivity index (χ1n) is 14.4. The minimum atomic E-state index is -0.0400. The van der Waals surface area contributed by atoms with Gasteiger partial charge in [0.15, 0.2) is 0 Å². The normalized spacial score (nSPS) is 11.2. The number of hydrogen-bond acceptors (Lipinski definition) is 4. The molecule has 196 valence electrons. The SMILES string of the molecule is CCCCCCCCCCCOC(=O)CCCCCCCCC(=O)OCC(CCC)CCC. The highest BCUT2D eigenvalue weighted by atomic mass is 16.5. The van der Waals surface area contributed by atoms with Gasteiger partial charge < -0.3 is 9.47 Å². The summed E-state index contributed by atoms with van der Waals surface area (Å²) in [6.45, 7) is 7.80. The van der Waals surface area contributed by atoms with E-state index in [1.54, 1.807) is 0 Å². The van der Waals surface area contributed by atoms with Crippen LogP contribution in [0.5, 0.6) is 0 Å². The molecule has 0 unspecified atom stereocenters. The summed E-state index contributed by atoms with van der Waals surface area (Å²) in [6, 6.07) is 0. The standard InChI is InChI=1S/C29H56O4/c1-4-7-8-9-10-11-14-17-20-25-32-28(30)23-18-15-12-13-16-19-24-29(31)33-26-27(21-5-2)22-6-3/h27H,4-26H2,1-3H3. The van der Waals surface area contributed by atoms with E-state index in [4.69, 9.17) is 9.47 Å². The smallest absolute Gasteiger partial charge is 0.305 e. The molecule has 0 atom stereocenters. The van der Waals surface area contributed by atoms with Crippen molar-refractivity contribution in [2.45, 2.75) is 156 Å². The van der Waals surface area contributed by atoms with E-state index in [0.29, 0.717) is 32.0 Å². The maximum atomic E-state index is 11.9. The summed E-state index contributed by atoms with van der Waals surface area (Å²) in [5, 5.41) is 0. The fraction of sp³-hybridized carbons (Fsp3) is 0.931. The molecule has 0 bridgehead atoms. The van der Waals surface area contributed by atoms with Gasteiger partial charge in [0.2, 0.25) is 0 Å². The van der Waals surface area contributed by atoms with Crippen molar-refractivity contribution in [3.05, 3.63) is 0 Å². The van der Waals surface area contributed by atoms with Gasteiger partial charge >= 0.3 is 11.9 Å². The Bertz CT molecular complexity index is 429. The van der Waals surface area contributed by atoms with Crippen LogP contribution < -0.4 is 0 Å². The van der Waals surface area contributed by atoms with Gasteiger partial charge in [0.05, 0.1) is 13.2 Å². The number of rotatable bonds is 25. The number of unbranched alkanes of at least 4 members (excludes halogenated alkanes) is 13. The first-order chi connectivity index (χ1) is 16.1. The van der Waals surface area contributed by atoms with Gasteiger partial charge in [-0.2, -0.15) is 0 Å². The Hall–Kier alpha value is -1.06. The van der Waals surface area contributed by atoms with Crippen molar-refractivity contribution in [2.75, 3.05) is 13.2 Å². The Kier molecular flexibility index (Phi) is 24.7. The van der Waals surface area contributed by atoms with Crippen LogP contribution in [0, 0.1) is 5.92 Å². The lowest BCUT2D eigenvalue weighted by Gasteiger charge is -2.15. The van der Waals surface area contributed by atoms with Crippen LogP contribution in [-0.2, 0) is 19.1 Å². The third kappa shape index (κ3) is 23.9.